The first-order valence-electron chi connectivity index (χ1n) is 9.15. The lowest BCUT2D eigenvalue weighted by molar-refractivity contribution is -0.138. The van der Waals surface area contributed by atoms with Gasteiger partial charge in [0.2, 0.25) is 17.8 Å². The lowest BCUT2D eigenvalue weighted by Crippen LogP contribution is -2.34. The van der Waals surface area contributed by atoms with Crippen LogP contribution >= 0.6 is 0 Å². The SMILES string of the molecule is C[C@@H](Nc1nc(NC2CCC(F)(F)C2)nc(C2=C[C@H](O)CCC2)n1)C(F)(F)F. The summed E-state index contributed by atoms with van der Waals surface area (Å²) < 4.78 is 65.5. The number of hydrogen-bond donors (Lipinski definition) is 3. The third-order valence-electron chi connectivity index (χ3n) is 4.84. The average molecular weight is 407 g/mol. The lowest BCUT2D eigenvalue weighted by atomic mass is 9.97. The number of allylic oxidation sites excluding steroid dienone is 1. The summed E-state index contributed by atoms with van der Waals surface area (Å²) in [5, 5.41) is 14.8. The van der Waals surface area contributed by atoms with Gasteiger partial charge in [-0.3, -0.25) is 0 Å². The molecule has 1 aromatic rings. The Bertz CT molecular complexity index is 739. The molecular weight excluding hydrogens is 385 g/mol. The molecule has 1 saturated carbocycles. The third-order valence-corrected chi connectivity index (χ3v) is 4.84. The molecule has 1 unspecified atom stereocenters. The second kappa shape index (κ2) is 7.76. The van der Waals surface area contributed by atoms with E-state index in [1.165, 1.54) is 0 Å². The second-order valence-electron chi connectivity index (χ2n) is 7.31. The first-order chi connectivity index (χ1) is 13.0. The van der Waals surface area contributed by atoms with E-state index in [9.17, 15) is 27.1 Å². The van der Waals surface area contributed by atoms with Gasteiger partial charge >= 0.3 is 6.18 Å². The molecule has 0 bridgehead atoms. The van der Waals surface area contributed by atoms with Crippen molar-refractivity contribution in [1.29, 1.82) is 0 Å². The molecule has 28 heavy (non-hydrogen) atoms. The number of hydrogen-bond acceptors (Lipinski definition) is 6. The van der Waals surface area contributed by atoms with E-state index in [0.29, 0.717) is 24.8 Å². The zero-order valence-corrected chi connectivity index (χ0v) is 15.2. The monoisotopic (exact) mass is 407 g/mol. The maximum absolute atomic E-state index is 13.4. The molecule has 6 nitrogen and oxygen atoms in total. The second-order valence-corrected chi connectivity index (χ2v) is 7.31. The van der Waals surface area contributed by atoms with Crippen LogP contribution in [0.25, 0.3) is 5.57 Å². The molecule has 0 aliphatic heterocycles. The molecule has 3 atom stereocenters. The Balaban J connectivity index is 1.87. The summed E-state index contributed by atoms with van der Waals surface area (Å²) in [6, 6.07) is -2.48. The number of aliphatic hydroxyl groups excluding tert-OH is 1. The fourth-order valence-corrected chi connectivity index (χ4v) is 3.27. The Morgan fingerprint density at radius 1 is 1.18 bits per heavy atom. The van der Waals surface area contributed by atoms with Gasteiger partial charge in [0.25, 0.3) is 0 Å². The maximum Gasteiger partial charge on any atom is 0.408 e. The smallest absolute Gasteiger partial charge is 0.389 e. The topological polar surface area (TPSA) is 83.0 Å². The van der Waals surface area contributed by atoms with E-state index in [1.807, 2.05) is 0 Å². The minimum absolute atomic E-state index is 0.0643. The van der Waals surface area contributed by atoms with E-state index in [-0.39, 0.29) is 30.6 Å². The van der Waals surface area contributed by atoms with E-state index >= 15 is 0 Å². The highest BCUT2D eigenvalue weighted by Gasteiger charge is 2.40. The Morgan fingerprint density at radius 2 is 1.89 bits per heavy atom. The number of alkyl halides is 5. The number of aromatic nitrogens is 3. The normalized spacial score (nSPS) is 25.9. The van der Waals surface area contributed by atoms with Crippen LogP contribution in [-0.4, -0.2) is 50.3 Å². The highest BCUT2D eigenvalue weighted by molar-refractivity contribution is 5.63. The predicted octanol–water partition coefficient (Wildman–Crippen LogP) is 3.76. The van der Waals surface area contributed by atoms with Crippen LogP contribution in [0.3, 0.4) is 0 Å². The molecule has 3 rings (SSSR count). The molecule has 0 saturated heterocycles. The molecule has 11 heteroatoms. The quantitative estimate of drug-likeness (QED) is 0.645. The van der Waals surface area contributed by atoms with Gasteiger partial charge in [0.05, 0.1) is 6.10 Å². The molecule has 1 aromatic heterocycles. The Hall–Kier alpha value is -2.04. The van der Waals surface area contributed by atoms with Crippen LogP contribution in [0.4, 0.5) is 33.8 Å². The molecule has 3 N–H and O–H groups in total. The van der Waals surface area contributed by atoms with Gasteiger partial charge in [-0.15, -0.1) is 0 Å². The van der Waals surface area contributed by atoms with E-state index in [1.54, 1.807) is 6.08 Å². The van der Waals surface area contributed by atoms with Crippen molar-refractivity contribution < 1.29 is 27.1 Å². The largest absolute Gasteiger partial charge is 0.408 e. The van der Waals surface area contributed by atoms with Crippen molar-refractivity contribution in [2.24, 2.45) is 0 Å². The zero-order valence-electron chi connectivity index (χ0n) is 15.2. The summed E-state index contributed by atoms with van der Waals surface area (Å²) in [4.78, 5) is 12.2. The molecule has 0 radical (unpaired) electrons. The fraction of sp³-hybridized carbons (Fsp3) is 0.706. The first kappa shape index (κ1) is 20.7. The number of halogens is 5. The molecular formula is C17H22F5N5O. The highest BCUT2D eigenvalue weighted by Crippen LogP contribution is 2.36. The predicted molar refractivity (Wildman–Crippen MR) is 93.0 cm³/mol. The van der Waals surface area contributed by atoms with Crippen LogP contribution in [0.1, 0.15) is 51.3 Å². The molecule has 2 aliphatic carbocycles. The summed E-state index contributed by atoms with van der Waals surface area (Å²) in [7, 11) is 0. The van der Waals surface area contributed by atoms with Gasteiger partial charge in [-0.25, -0.2) is 8.78 Å². The van der Waals surface area contributed by atoms with Gasteiger partial charge in [0, 0.05) is 18.9 Å². The van der Waals surface area contributed by atoms with Crippen molar-refractivity contribution in [3.05, 3.63) is 11.9 Å². The van der Waals surface area contributed by atoms with Crippen molar-refractivity contribution in [1.82, 2.24) is 15.0 Å². The molecule has 156 valence electrons. The average Bonchev–Trinajstić information content (AvgIpc) is 2.92. The number of nitrogens with zero attached hydrogens (tertiary/aromatic N) is 3. The molecule has 0 spiro atoms. The molecule has 1 heterocycles. The lowest BCUT2D eigenvalue weighted by Gasteiger charge is -2.20. The molecule has 2 aliphatic rings. The summed E-state index contributed by atoms with van der Waals surface area (Å²) >= 11 is 0. The number of nitrogens with one attached hydrogen (secondary N) is 2. The number of rotatable bonds is 5. The van der Waals surface area contributed by atoms with Crippen molar-refractivity contribution >= 4 is 17.5 Å². The Labute approximate surface area is 158 Å². The van der Waals surface area contributed by atoms with Crippen LogP contribution in [0, 0.1) is 0 Å². The van der Waals surface area contributed by atoms with E-state index < -0.39 is 36.7 Å². The van der Waals surface area contributed by atoms with E-state index in [2.05, 4.69) is 25.6 Å². The van der Waals surface area contributed by atoms with Crippen LogP contribution in [0.5, 0.6) is 0 Å². The van der Waals surface area contributed by atoms with Gasteiger partial charge in [-0.05, 0) is 44.3 Å². The number of aliphatic hydroxyl groups is 1. The number of anilines is 2. The Kier molecular flexibility index (Phi) is 5.74. The first-order valence-corrected chi connectivity index (χ1v) is 9.15. The highest BCUT2D eigenvalue weighted by atomic mass is 19.4. The summed E-state index contributed by atoms with van der Waals surface area (Å²) in [6.07, 6.45) is -2.28. The maximum atomic E-state index is 13.4. The van der Waals surface area contributed by atoms with Crippen molar-refractivity contribution in [3.63, 3.8) is 0 Å². The van der Waals surface area contributed by atoms with E-state index in [4.69, 9.17) is 0 Å². The standard InChI is InChI=1S/C17H22F5N5O/c1-9(17(20,21)22)23-14-25-13(10-3-2-4-12(28)7-10)26-15(27-14)24-11-5-6-16(18,19)8-11/h7,9,11-12,28H,2-6,8H2,1H3,(H2,23,24,25,26,27)/t9-,11?,12-/m1/s1. The summed E-state index contributed by atoms with van der Waals surface area (Å²) in [5.41, 5.74) is 0.587. The molecule has 0 amide bonds. The van der Waals surface area contributed by atoms with Crippen molar-refractivity contribution in [2.75, 3.05) is 10.6 Å². The van der Waals surface area contributed by atoms with Crippen LogP contribution in [0.15, 0.2) is 6.08 Å². The zero-order chi connectivity index (χ0) is 20.5. The van der Waals surface area contributed by atoms with Crippen molar-refractivity contribution in [3.8, 4) is 0 Å². The van der Waals surface area contributed by atoms with Crippen molar-refractivity contribution in [2.45, 2.75) is 75.7 Å². The Morgan fingerprint density at radius 3 is 2.50 bits per heavy atom. The third kappa shape index (κ3) is 5.27. The molecule has 1 fully saturated rings. The van der Waals surface area contributed by atoms with Gasteiger partial charge in [0.15, 0.2) is 5.82 Å². The van der Waals surface area contributed by atoms with Gasteiger partial charge in [-0.1, -0.05) is 0 Å². The van der Waals surface area contributed by atoms with Crippen LogP contribution in [0.2, 0.25) is 0 Å². The van der Waals surface area contributed by atoms with E-state index in [0.717, 1.165) is 6.92 Å². The molecule has 0 aromatic carbocycles. The van der Waals surface area contributed by atoms with Crippen LogP contribution < -0.4 is 10.6 Å². The fourth-order valence-electron chi connectivity index (χ4n) is 3.27. The minimum Gasteiger partial charge on any atom is -0.389 e. The summed E-state index contributed by atoms with van der Waals surface area (Å²) in [5.74, 6) is -3.03. The summed E-state index contributed by atoms with van der Waals surface area (Å²) in [6.45, 7) is 0.928. The van der Waals surface area contributed by atoms with Gasteiger partial charge in [-0.2, -0.15) is 28.1 Å². The van der Waals surface area contributed by atoms with Crippen LogP contribution in [-0.2, 0) is 0 Å². The minimum atomic E-state index is -4.51. The van der Waals surface area contributed by atoms with Gasteiger partial charge < -0.3 is 15.7 Å². The van der Waals surface area contributed by atoms with Gasteiger partial charge in [0.1, 0.15) is 6.04 Å².